The molecule has 0 heterocycles. The van der Waals surface area contributed by atoms with Gasteiger partial charge in [-0.3, -0.25) is 9.36 Å². The molecule has 0 spiro atoms. The Morgan fingerprint density at radius 1 is 1.30 bits per heavy atom. The Labute approximate surface area is 118 Å². The highest BCUT2D eigenvalue weighted by molar-refractivity contribution is 7.53. The van der Waals surface area contributed by atoms with E-state index in [2.05, 4.69) is 10.6 Å². The molecule has 1 unspecified atom stereocenters. The standard InChI is InChI=1S/C7H9N.C5H12NO5P/c1-8-7-5-3-2-4-6-7;1-4(7)6-3-5(2,8)12(9,10)11/h2-6,8H,1H3;8H,3H2,1-2H3,(H,6,7)(H2,9,10,11). The average Bonchev–Trinajstić information content (AvgIpc) is 2.37. The molecule has 20 heavy (non-hydrogen) atoms. The number of carbonyl (C=O) groups excluding carboxylic acids is 1. The molecule has 1 atom stereocenters. The zero-order chi connectivity index (χ0) is 15.8. The fraction of sp³-hybridized carbons (Fsp3) is 0.417. The summed E-state index contributed by atoms with van der Waals surface area (Å²) in [5, 5.41) is 12.1. The first-order valence-electron chi connectivity index (χ1n) is 5.85. The Morgan fingerprint density at radius 3 is 2.10 bits per heavy atom. The van der Waals surface area contributed by atoms with Gasteiger partial charge in [0.25, 0.3) is 0 Å². The van der Waals surface area contributed by atoms with Gasteiger partial charge in [0.15, 0.2) is 5.34 Å². The van der Waals surface area contributed by atoms with Gasteiger partial charge in [-0.15, -0.1) is 0 Å². The number of amides is 1. The number of carbonyl (C=O) groups is 1. The van der Waals surface area contributed by atoms with E-state index in [9.17, 15) is 9.36 Å². The third kappa shape index (κ3) is 7.25. The van der Waals surface area contributed by atoms with Crippen molar-refractivity contribution >= 4 is 19.2 Å². The summed E-state index contributed by atoms with van der Waals surface area (Å²) in [5.41, 5.74) is 1.16. The van der Waals surface area contributed by atoms with Gasteiger partial charge in [-0.05, 0) is 19.1 Å². The van der Waals surface area contributed by atoms with Crippen molar-refractivity contribution in [3.8, 4) is 0 Å². The molecule has 0 saturated heterocycles. The van der Waals surface area contributed by atoms with Crippen molar-refractivity contribution < 1.29 is 24.3 Å². The first-order chi connectivity index (χ1) is 9.10. The van der Waals surface area contributed by atoms with Gasteiger partial charge in [-0.2, -0.15) is 0 Å². The van der Waals surface area contributed by atoms with Crippen molar-refractivity contribution in [1.82, 2.24) is 5.32 Å². The van der Waals surface area contributed by atoms with Crippen LogP contribution in [-0.4, -0.2) is 39.7 Å². The summed E-state index contributed by atoms with van der Waals surface area (Å²) in [7, 11) is -2.67. The molecule has 0 fully saturated rings. The lowest BCUT2D eigenvalue weighted by Gasteiger charge is -2.23. The zero-order valence-corrected chi connectivity index (χ0v) is 12.6. The molecule has 5 N–H and O–H groups in total. The monoisotopic (exact) mass is 304 g/mol. The van der Waals surface area contributed by atoms with E-state index < -0.39 is 25.4 Å². The summed E-state index contributed by atoms with van der Waals surface area (Å²) in [5.74, 6) is -0.455. The summed E-state index contributed by atoms with van der Waals surface area (Å²) in [6.07, 6.45) is 0. The molecule has 0 aromatic heterocycles. The quantitative estimate of drug-likeness (QED) is 0.523. The van der Waals surface area contributed by atoms with E-state index in [1.54, 1.807) is 0 Å². The van der Waals surface area contributed by atoms with Gasteiger partial charge < -0.3 is 25.5 Å². The van der Waals surface area contributed by atoms with Crippen LogP contribution in [0.1, 0.15) is 13.8 Å². The number of hydrogen-bond donors (Lipinski definition) is 5. The summed E-state index contributed by atoms with van der Waals surface area (Å²) in [6, 6.07) is 10.1. The molecule has 0 bridgehead atoms. The van der Waals surface area contributed by atoms with Crippen LogP contribution in [0.2, 0.25) is 0 Å². The molecule has 1 aromatic carbocycles. The molecule has 0 saturated carbocycles. The first-order valence-corrected chi connectivity index (χ1v) is 7.46. The summed E-state index contributed by atoms with van der Waals surface area (Å²) in [6.45, 7) is 1.69. The number of aliphatic hydroxyl groups is 1. The number of benzene rings is 1. The van der Waals surface area contributed by atoms with E-state index in [0.717, 1.165) is 12.6 Å². The molecule has 0 aliphatic heterocycles. The fourth-order valence-electron chi connectivity index (χ4n) is 1.000. The summed E-state index contributed by atoms with van der Waals surface area (Å²) < 4.78 is 10.6. The highest BCUT2D eigenvalue weighted by atomic mass is 31.2. The molecule has 1 amide bonds. The average molecular weight is 304 g/mol. The molecule has 114 valence electrons. The van der Waals surface area contributed by atoms with E-state index in [4.69, 9.17) is 14.9 Å². The topological polar surface area (TPSA) is 119 Å². The predicted molar refractivity (Wildman–Crippen MR) is 77.3 cm³/mol. The van der Waals surface area contributed by atoms with Gasteiger partial charge >= 0.3 is 7.60 Å². The Bertz CT molecular complexity index is 458. The van der Waals surface area contributed by atoms with Crippen LogP contribution >= 0.6 is 7.60 Å². The van der Waals surface area contributed by atoms with E-state index >= 15 is 0 Å². The second kappa shape index (κ2) is 8.01. The minimum atomic E-state index is -4.58. The lowest BCUT2D eigenvalue weighted by Crippen LogP contribution is -2.39. The number of rotatable bonds is 4. The van der Waals surface area contributed by atoms with Gasteiger partial charge in [-0.25, -0.2) is 0 Å². The molecule has 0 aliphatic rings. The molecular weight excluding hydrogens is 283 g/mol. The molecule has 0 aliphatic carbocycles. The molecule has 8 heteroatoms. The van der Waals surface area contributed by atoms with Crippen LogP contribution in [0, 0.1) is 0 Å². The zero-order valence-electron chi connectivity index (χ0n) is 11.7. The van der Waals surface area contributed by atoms with Crippen LogP contribution in [0.5, 0.6) is 0 Å². The lowest BCUT2D eigenvalue weighted by atomic mass is 10.3. The summed E-state index contributed by atoms with van der Waals surface area (Å²) in [4.78, 5) is 27.5. The Kier molecular flexibility index (Phi) is 7.45. The minimum absolute atomic E-state index is 0.455. The maximum Gasteiger partial charge on any atom is 0.358 e. The molecule has 1 rings (SSSR count). The molecule has 0 radical (unpaired) electrons. The smallest absolute Gasteiger partial charge is 0.358 e. The first kappa shape index (κ1) is 18.6. The number of para-hydroxylation sites is 1. The Morgan fingerprint density at radius 2 is 1.80 bits per heavy atom. The Hall–Kier alpha value is -1.40. The Balaban J connectivity index is 0.000000388. The highest BCUT2D eigenvalue weighted by Gasteiger charge is 2.40. The molecular formula is C12H21N2O5P. The van der Waals surface area contributed by atoms with Crippen LogP contribution < -0.4 is 10.6 Å². The van der Waals surface area contributed by atoms with Crippen molar-refractivity contribution in [2.75, 3.05) is 18.9 Å². The molecule has 7 nitrogen and oxygen atoms in total. The van der Waals surface area contributed by atoms with Crippen LogP contribution in [0.15, 0.2) is 30.3 Å². The van der Waals surface area contributed by atoms with Crippen molar-refractivity contribution in [2.45, 2.75) is 19.2 Å². The van der Waals surface area contributed by atoms with E-state index in [-0.39, 0.29) is 0 Å². The highest BCUT2D eigenvalue weighted by Crippen LogP contribution is 2.47. The predicted octanol–water partition coefficient (Wildman–Crippen LogP) is 0.737. The van der Waals surface area contributed by atoms with E-state index in [0.29, 0.717) is 0 Å². The van der Waals surface area contributed by atoms with Gasteiger partial charge in [0, 0.05) is 19.7 Å². The fourth-order valence-corrected chi connectivity index (χ4v) is 1.28. The SMILES string of the molecule is CC(=O)NCC(C)(O)P(=O)(O)O.CNc1ccccc1. The number of hydrogen-bond acceptors (Lipinski definition) is 4. The van der Waals surface area contributed by atoms with Gasteiger partial charge in [0.05, 0.1) is 6.54 Å². The van der Waals surface area contributed by atoms with Crippen LogP contribution in [-0.2, 0) is 9.36 Å². The molecule has 1 aromatic rings. The maximum atomic E-state index is 10.6. The van der Waals surface area contributed by atoms with Gasteiger partial charge in [0.1, 0.15) is 0 Å². The van der Waals surface area contributed by atoms with Crippen LogP contribution in [0.25, 0.3) is 0 Å². The second-order valence-corrected chi connectivity index (χ2v) is 6.34. The second-order valence-electron chi connectivity index (χ2n) is 4.29. The van der Waals surface area contributed by atoms with E-state index in [1.807, 2.05) is 37.4 Å². The normalized spacial score (nSPS) is 13.5. The largest absolute Gasteiger partial charge is 0.388 e. The van der Waals surface area contributed by atoms with Crippen LogP contribution in [0.3, 0.4) is 0 Å². The van der Waals surface area contributed by atoms with Crippen molar-refractivity contribution in [3.63, 3.8) is 0 Å². The van der Waals surface area contributed by atoms with Gasteiger partial charge in [0.2, 0.25) is 5.91 Å². The summed E-state index contributed by atoms with van der Waals surface area (Å²) >= 11 is 0. The number of anilines is 1. The van der Waals surface area contributed by atoms with Crippen molar-refractivity contribution in [1.29, 1.82) is 0 Å². The van der Waals surface area contributed by atoms with Crippen molar-refractivity contribution in [3.05, 3.63) is 30.3 Å². The van der Waals surface area contributed by atoms with Crippen LogP contribution in [0.4, 0.5) is 5.69 Å². The third-order valence-corrected chi connectivity index (χ3v) is 3.78. The minimum Gasteiger partial charge on any atom is -0.388 e. The number of nitrogens with one attached hydrogen (secondary N) is 2. The van der Waals surface area contributed by atoms with E-state index in [1.165, 1.54) is 6.92 Å². The van der Waals surface area contributed by atoms with Crippen molar-refractivity contribution in [2.24, 2.45) is 0 Å². The lowest BCUT2D eigenvalue weighted by molar-refractivity contribution is -0.119. The third-order valence-electron chi connectivity index (χ3n) is 2.36. The van der Waals surface area contributed by atoms with Gasteiger partial charge in [-0.1, -0.05) is 18.2 Å². The maximum absolute atomic E-state index is 10.6.